The van der Waals surface area contributed by atoms with Crippen molar-refractivity contribution >= 4 is 32.8 Å². The van der Waals surface area contributed by atoms with E-state index in [1.165, 1.54) is 0 Å². The Bertz CT molecular complexity index is 269. The van der Waals surface area contributed by atoms with E-state index in [-0.39, 0.29) is 12.8 Å². The van der Waals surface area contributed by atoms with Gasteiger partial charge in [0.25, 0.3) is 0 Å². The number of amides is 1. The van der Waals surface area contributed by atoms with Crippen LogP contribution < -0.4 is 5.32 Å². The summed E-state index contributed by atoms with van der Waals surface area (Å²) in [5.74, 6) is -0.691. The minimum atomic E-state index is -1.08. The SMILES string of the molecule is C[Se]CC[C@H](NC(=O)CCC(=O)O)C(=O)O. The number of carbonyl (C=O) groups excluding carboxylic acids is 1. The molecule has 92 valence electrons. The molecule has 0 fully saturated rings. The molecule has 3 N–H and O–H groups in total. The molecule has 0 aliphatic rings. The monoisotopic (exact) mass is 297 g/mol. The first-order valence-electron chi connectivity index (χ1n) is 4.70. The molecule has 0 aliphatic heterocycles. The van der Waals surface area contributed by atoms with Crippen molar-refractivity contribution in [1.29, 1.82) is 0 Å². The second-order valence-corrected chi connectivity index (χ2v) is 5.20. The van der Waals surface area contributed by atoms with Gasteiger partial charge < -0.3 is 0 Å². The van der Waals surface area contributed by atoms with Crippen LogP contribution in [0.1, 0.15) is 19.3 Å². The third-order valence-electron chi connectivity index (χ3n) is 1.81. The Morgan fingerprint density at radius 1 is 1.25 bits per heavy atom. The summed E-state index contributed by atoms with van der Waals surface area (Å²) in [6.07, 6.45) is -0.0725. The van der Waals surface area contributed by atoms with E-state index in [2.05, 4.69) is 5.32 Å². The Hall–Kier alpha value is -1.07. The van der Waals surface area contributed by atoms with Gasteiger partial charge in [-0.3, -0.25) is 0 Å². The van der Waals surface area contributed by atoms with E-state index in [1.807, 2.05) is 5.82 Å². The fraction of sp³-hybridized carbons (Fsp3) is 0.667. The van der Waals surface area contributed by atoms with Crippen LogP contribution in [0.4, 0.5) is 0 Å². The van der Waals surface area contributed by atoms with Gasteiger partial charge in [0.05, 0.1) is 0 Å². The van der Waals surface area contributed by atoms with E-state index in [0.29, 0.717) is 21.4 Å². The Kier molecular flexibility index (Phi) is 7.58. The van der Waals surface area contributed by atoms with Crippen LogP contribution in [0.2, 0.25) is 11.1 Å². The molecule has 0 rings (SSSR count). The van der Waals surface area contributed by atoms with Crippen LogP contribution in [0, 0.1) is 0 Å². The first-order valence-corrected chi connectivity index (χ1v) is 7.62. The number of nitrogens with one attached hydrogen (secondary N) is 1. The maximum absolute atomic E-state index is 11.2. The van der Waals surface area contributed by atoms with Gasteiger partial charge in [0, 0.05) is 0 Å². The zero-order valence-electron chi connectivity index (χ0n) is 8.93. The Labute approximate surface area is 99.6 Å². The molecule has 0 heterocycles. The summed E-state index contributed by atoms with van der Waals surface area (Å²) in [6, 6.07) is -0.900. The maximum atomic E-state index is 11.2. The molecule has 0 aromatic rings. The van der Waals surface area contributed by atoms with Gasteiger partial charge in [0.15, 0.2) is 0 Å². The van der Waals surface area contributed by atoms with Crippen molar-refractivity contribution in [2.24, 2.45) is 0 Å². The van der Waals surface area contributed by atoms with E-state index in [4.69, 9.17) is 10.2 Å². The Morgan fingerprint density at radius 2 is 1.88 bits per heavy atom. The molecule has 1 atom stereocenters. The van der Waals surface area contributed by atoms with Crippen LogP contribution in [0.15, 0.2) is 0 Å². The van der Waals surface area contributed by atoms with Gasteiger partial charge in [-0.15, -0.1) is 0 Å². The molecule has 0 unspecified atom stereocenters. The number of carboxylic acids is 2. The van der Waals surface area contributed by atoms with Crippen LogP contribution in [-0.2, 0) is 14.4 Å². The van der Waals surface area contributed by atoms with Crippen molar-refractivity contribution < 1.29 is 24.6 Å². The van der Waals surface area contributed by atoms with Crippen molar-refractivity contribution in [3.63, 3.8) is 0 Å². The van der Waals surface area contributed by atoms with Gasteiger partial charge in [0.1, 0.15) is 0 Å². The first kappa shape index (κ1) is 14.9. The van der Waals surface area contributed by atoms with Crippen molar-refractivity contribution in [3.8, 4) is 0 Å². The zero-order chi connectivity index (χ0) is 12.6. The van der Waals surface area contributed by atoms with Gasteiger partial charge >= 0.3 is 99.2 Å². The van der Waals surface area contributed by atoms with E-state index in [9.17, 15) is 14.4 Å². The van der Waals surface area contributed by atoms with Gasteiger partial charge in [-0.25, -0.2) is 0 Å². The van der Waals surface area contributed by atoms with Crippen LogP contribution in [0.5, 0.6) is 0 Å². The third-order valence-corrected chi connectivity index (χ3v) is 3.16. The predicted octanol–water partition coefficient (Wildman–Crippen LogP) is -0.0187. The molecule has 0 radical (unpaired) electrons. The summed E-state index contributed by atoms with van der Waals surface area (Å²) in [5.41, 5.74) is 0. The average Bonchev–Trinajstić information content (AvgIpc) is 2.20. The number of hydrogen-bond donors (Lipinski definition) is 3. The summed E-state index contributed by atoms with van der Waals surface area (Å²) in [5, 5.41) is 20.2. The number of carbonyl (C=O) groups is 3. The molecular formula is C9H15NO5Se. The van der Waals surface area contributed by atoms with E-state index < -0.39 is 23.9 Å². The molecule has 0 aromatic heterocycles. The van der Waals surface area contributed by atoms with Crippen molar-refractivity contribution in [2.75, 3.05) is 0 Å². The van der Waals surface area contributed by atoms with Crippen molar-refractivity contribution in [3.05, 3.63) is 0 Å². The predicted molar refractivity (Wildman–Crippen MR) is 57.5 cm³/mol. The second kappa shape index (κ2) is 8.12. The summed E-state index contributed by atoms with van der Waals surface area (Å²) in [7, 11) is 0. The molecule has 1 amide bonds. The topological polar surface area (TPSA) is 104 Å². The standard InChI is InChI=1S/C9H15NO5Se/c1-16-5-4-6(9(14)15)10-7(11)2-3-8(12)13/h6H,2-5H2,1H3,(H,10,11)(H,12,13)(H,14,15)/t6-/m0/s1. The first-order chi connectivity index (χ1) is 7.47. The third kappa shape index (κ3) is 7.25. The van der Waals surface area contributed by atoms with Crippen LogP contribution >= 0.6 is 0 Å². The molecule has 0 bridgehead atoms. The van der Waals surface area contributed by atoms with Gasteiger partial charge in [-0.1, -0.05) is 0 Å². The van der Waals surface area contributed by atoms with Gasteiger partial charge in [-0.2, -0.15) is 0 Å². The molecule has 0 saturated heterocycles. The molecule has 7 heteroatoms. The van der Waals surface area contributed by atoms with E-state index >= 15 is 0 Å². The Balaban J connectivity index is 4.02. The summed E-state index contributed by atoms with van der Waals surface area (Å²) in [6.45, 7) is 0. The molecule has 0 saturated carbocycles. The normalized spacial score (nSPS) is 11.8. The van der Waals surface area contributed by atoms with Crippen LogP contribution in [0.25, 0.3) is 0 Å². The molecule has 0 aromatic carbocycles. The molecule has 0 aliphatic carbocycles. The Morgan fingerprint density at radius 3 is 2.31 bits per heavy atom. The van der Waals surface area contributed by atoms with Gasteiger partial charge in [-0.05, 0) is 0 Å². The number of hydrogen-bond acceptors (Lipinski definition) is 3. The zero-order valence-corrected chi connectivity index (χ0v) is 10.6. The number of aliphatic carboxylic acids is 2. The molecule has 6 nitrogen and oxygen atoms in total. The second-order valence-electron chi connectivity index (χ2n) is 3.13. The summed E-state index contributed by atoms with van der Waals surface area (Å²) >= 11 is 0.361. The fourth-order valence-electron chi connectivity index (χ4n) is 0.980. The fourth-order valence-corrected chi connectivity index (χ4v) is 1.97. The molecule has 16 heavy (non-hydrogen) atoms. The quantitative estimate of drug-likeness (QED) is 0.546. The number of carboxylic acid groups (broad SMARTS) is 2. The summed E-state index contributed by atoms with van der Waals surface area (Å²) < 4.78 is 0. The minimum absolute atomic E-state index is 0.184. The average molecular weight is 296 g/mol. The summed E-state index contributed by atoms with van der Waals surface area (Å²) in [4.78, 5) is 32.1. The number of rotatable bonds is 8. The van der Waals surface area contributed by atoms with Crippen LogP contribution in [-0.4, -0.2) is 49.1 Å². The van der Waals surface area contributed by atoms with Gasteiger partial charge in [0.2, 0.25) is 0 Å². The van der Waals surface area contributed by atoms with Crippen LogP contribution in [0.3, 0.4) is 0 Å². The van der Waals surface area contributed by atoms with Crippen molar-refractivity contribution in [1.82, 2.24) is 5.32 Å². The van der Waals surface area contributed by atoms with E-state index in [1.54, 1.807) is 0 Å². The molecule has 0 spiro atoms. The van der Waals surface area contributed by atoms with Crippen molar-refractivity contribution in [2.45, 2.75) is 36.4 Å². The molecular weight excluding hydrogens is 281 g/mol. The van der Waals surface area contributed by atoms with E-state index in [0.717, 1.165) is 5.32 Å².